The van der Waals surface area contributed by atoms with Gasteiger partial charge in [0.25, 0.3) is 6.43 Å². The standard InChI is InChI=1S/C6H8F2O3.C5H12.C2H6/c1-3(6(10)11-2)4(9)5(7)8;1-4-5(2)3;1-2/h3,5H,1-2H3;5H,4H2,1-3H3;1-2H3. The van der Waals surface area contributed by atoms with Crippen LogP contribution in [-0.2, 0) is 14.3 Å². The molecule has 110 valence electrons. The lowest BCUT2D eigenvalue weighted by Crippen LogP contribution is -2.27. The summed E-state index contributed by atoms with van der Waals surface area (Å²) in [5.41, 5.74) is 0. The minimum absolute atomic E-state index is 0.884. The molecule has 0 radical (unpaired) electrons. The largest absolute Gasteiger partial charge is 0.468 e. The van der Waals surface area contributed by atoms with E-state index in [-0.39, 0.29) is 0 Å². The third kappa shape index (κ3) is 13.1. The SMILES string of the molecule is CC.CCC(C)C.COC(=O)C(C)C(=O)C(F)F. The first kappa shape index (κ1) is 22.2. The number of ketones is 1. The lowest BCUT2D eigenvalue weighted by atomic mass is 10.1. The fourth-order valence-corrected chi connectivity index (χ4v) is 0.482. The molecular weight excluding hydrogens is 242 g/mol. The zero-order valence-electron chi connectivity index (χ0n) is 12.4. The van der Waals surface area contributed by atoms with Gasteiger partial charge in [0, 0.05) is 0 Å². The molecule has 0 heterocycles. The molecule has 5 heteroatoms. The smallest absolute Gasteiger partial charge is 0.316 e. The molecule has 0 aliphatic heterocycles. The van der Waals surface area contributed by atoms with Gasteiger partial charge in [-0.1, -0.05) is 41.0 Å². The fraction of sp³-hybridized carbons (Fsp3) is 0.846. The predicted octanol–water partition coefficient (Wildman–Crippen LogP) is 3.71. The molecule has 0 aromatic heterocycles. The van der Waals surface area contributed by atoms with Crippen LogP contribution in [0.1, 0.15) is 48.0 Å². The summed E-state index contributed by atoms with van der Waals surface area (Å²) in [6.45, 7) is 11.7. The minimum atomic E-state index is -3.11. The molecule has 0 amide bonds. The second-order valence-electron chi connectivity index (χ2n) is 3.75. The Morgan fingerprint density at radius 3 is 1.61 bits per heavy atom. The van der Waals surface area contributed by atoms with Crippen LogP contribution in [-0.4, -0.2) is 25.3 Å². The number of ether oxygens (including phenoxy) is 1. The molecule has 0 rings (SSSR count). The van der Waals surface area contributed by atoms with Gasteiger partial charge in [0.05, 0.1) is 7.11 Å². The molecule has 0 N–H and O–H groups in total. The Morgan fingerprint density at radius 2 is 1.44 bits per heavy atom. The van der Waals surface area contributed by atoms with Gasteiger partial charge < -0.3 is 4.74 Å². The van der Waals surface area contributed by atoms with Gasteiger partial charge in [-0.05, 0) is 12.8 Å². The highest BCUT2D eigenvalue weighted by Gasteiger charge is 2.28. The van der Waals surface area contributed by atoms with Crippen molar-refractivity contribution in [3.8, 4) is 0 Å². The normalized spacial score (nSPS) is 10.8. The third-order valence-electron chi connectivity index (χ3n) is 2.01. The summed E-state index contributed by atoms with van der Waals surface area (Å²) in [5.74, 6) is -2.83. The summed E-state index contributed by atoms with van der Waals surface area (Å²) >= 11 is 0. The number of carbonyl (C=O) groups is 2. The van der Waals surface area contributed by atoms with Crippen molar-refractivity contribution >= 4 is 11.8 Å². The van der Waals surface area contributed by atoms with E-state index in [2.05, 4.69) is 25.5 Å². The number of halogens is 2. The van der Waals surface area contributed by atoms with Crippen LogP contribution < -0.4 is 0 Å². The van der Waals surface area contributed by atoms with Crippen LogP contribution in [0.5, 0.6) is 0 Å². The molecule has 0 aromatic rings. The maximum absolute atomic E-state index is 11.6. The highest BCUT2D eigenvalue weighted by Crippen LogP contribution is 2.06. The Morgan fingerprint density at radius 1 is 1.11 bits per heavy atom. The Hall–Kier alpha value is -1.00. The fourth-order valence-electron chi connectivity index (χ4n) is 0.482. The summed E-state index contributed by atoms with van der Waals surface area (Å²) in [4.78, 5) is 20.9. The highest BCUT2D eigenvalue weighted by atomic mass is 19.3. The molecule has 0 fully saturated rings. The first-order valence-corrected chi connectivity index (χ1v) is 6.17. The average Bonchev–Trinajstić information content (AvgIpc) is 2.38. The number of hydrogen-bond donors (Lipinski definition) is 0. The van der Waals surface area contributed by atoms with Crippen molar-refractivity contribution in [1.82, 2.24) is 0 Å². The van der Waals surface area contributed by atoms with E-state index < -0.39 is 24.1 Å². The van der Waals surface area contributed by atoms with Crippen molar-refractivity contribution in [2.75, 3.05) is 7.11 Å². The number of alkyl halides is 2. The van der Waals surface area contributed by atoms with Crippen LogP contribution in [0.4, 0.5) is 8.78 Å². The number of hydrogen-bond acceptors (Lipinski definition) is 3. The first-order valence-electron chi connectivity index (χ1n) is 6.17. The lowest BCUT2D eigenvalue weighted by Gasteiger charge is -2.05. The van der Waals surface area contributed by atoms with Crippen LogP contribution in [0.15, 0.2) is 0 Å². The van der Waals surface area contributed by atoms with Gasteiger partial charge in [-0.25, -0.2) is 8.78 Å². The molecule has 0 aliphatic carbocycles. The Balaban J connectivity index is -0.000000270. The molecule has 3 nitrogen and oxygen atoms in total. The molecule has 0 aliphatic rings. The molecule has 1 unspecified atom stereocenters. The number of esters is 1. The third-order valence-corrected chi connectivity index (χ3v) is 2.01. The van der Waals surface area contributed by atoms with Gasteiger partial charge in [-0.15, -0.1) is 0 Å². The van der Waals surface area contributed by atoms with Crippen LogP contribution in [0.3, 0.4) is 0 Å². The second-order valence-corrected chi connectivity index (χ2v) is 3.75. The molecule has 0 bridgehead atoms. The monoisotopic (exact) mass is 268 g/mol. The summed E-state index contributed by atoms with van der Waals surface area (Å²) in [6, 6.07) is 0. The van der Waals surface area contributed by atoms with E-state index in [0.717, 1.165) is 20.0 Å². The Labute approximate surface area is 109 Å². The topological polar surface area (TPSA) is 43.4 Å². The molecular formula is C13H26F2O3. The van der Waals surface area contributed by atoms with Crippen LogP contribution >= 0.6 is 0 Å². The quantitative estimate of drug-likeness (QED) is 0.576. The van der Waals surface area contributed by atoms with Crippen LogP contribution in [0, 0.1) is 11.8 Å². The van der Waals surface area contributed by atoms with Gasteiger partial charge >= 0.3 is 5.97 Å². The van der Waals surface area contributed by atoms with Crippen molar-refractivity contribution in [1.29, 1.82) is 0 Å². The van der Waals surface area contributed by atoms with E-state index in [9.17, 15) is 18.4 Å². The van der Waals surface area contributed by atoms with Crippen molar-refractivity contribution in [3.63, 3.8) is 0 Å². The first-order chi connectivity index (χ1) is 8.27. The number of rotatable bonds is 4. The van der Waals surface area contributed by atoms with E-state index in [1.807, 2.05) is 13.8 Å². The van der Waals surface area contributed by atoms with Gasteiger partial charge in [0.15, 0.2) is 0 Å². The maximum atomic E-state index is 11.6. The maximum Gasteiger partial charge on any atom is 0.316 e. The number of methoxy groups -OCH3 is 1. The van der Waals surface area contributed by atoms with E-state index in [1.54, 1.807) is 0 Å². The predicted molar refractivity (Wildman–Crippen MR) is 68.7 cm³/mol. The Bertz CT molecular complexity index is 216. The molecule has 0 spiro atoms. The van der Waals surface area contributed by atoms with E-state index in [0.29, 0.717) is 0 Å². The van der Waals surface area contributed by atoms with Crippen molar-refractivity contribution in [2.24, 2.45) is 11.8 Å². The molecule has 18 heavy (non-hydrogen) atoms. The van der Waals surface area contributed by atoms with Gasteiger partial charge in [0.2, 0.25) is 5.78 Å². The molecule has 0 saturated heterocycles. The van der Waals surface area contributed by atoms with Crippen LogP contribution in [0.25, 0.3) is 0 Å². The summed E-state index contributed by atoms with van der Waals surface area (Å²) in [5, 5.41) is 0. The lowest BCUT2D eigenvalue weighted by molar-refractivity contribution is -0.152. The summed E-state index contributed by atoms with van der Waals surface area (Å²) < 4.78 is 27.3. The van der Waals surface area contributed by atoms with Crippen LogP contribution in [0.2, 0.25) is 0 Å². The second kappa shape index (κ2) is 14.1. The van der Waals surface area contributed by atoms with Gasteiger partial charge in [-0.2, -0.15) is 0 Å². The van der Waals surface area contributed by atoms with E-state index >= 15 is 0 Å². The van der Waals surface area contributed by atoms with Gasteiger partial charge in [0.1, 0.15) is 5.92 Å². The zero-order valence-corrected chi connectivity index (χ0v) is 12.4. The molecule has 0 aromatic carbocycles. The number of Topliss-reactive ketones (excluding diaryl/α,β-unsaturated/α-hetero) is 1. The van der Waals surface area contributed by atoms with Crippen molar-refractivity contribution < 1.29 is 23.1 Å². The Kier molecular flexibility index (Phi) is 17.3. The van der Waals surface area contributed by atoms with Crippen molar-refractivity contribution in [3.05, 3.63) is 0 Å². The summed E-state index contributed by atoms with van der Waals surface area (Å²) in [6.07, 6.45) is -1.80. The summed E-state index contributed by atoms with van der Waals surface area (Å²) in [7, 11) is 1.04. The minimum Gasteiger partial charge on any atom is -0.468 e. The van der Waals surface area contributed by atoms with E-state index in [4.69, 9.17) is 0 Å². The van der Waals surface area contributed by atoms with Gasteiger partial charge in [-0.3, -0.25) is 9.59 Å². The zero-order chi connectivity index (χ0) is 15.3. The molecule has 0 saturated carbocycles. The number of carbonyl (C=O) groups excluding carboxylic acids is 2. The van der Waals surface area contributed by atoms with Crippen molar-refractivity contribution in [2.45, 2.75) is 54.4 Å². The van der Waals surface area contributed by atoms with E-state index in [1.165, 1.54) is 6.42 Å². The highest BCUT2D eigenvalue weighted by molar-refractivity contribution is 6.00. The molecule has 1 atom stereocenters. The average molecular weight is 268 g/mol.